The maximum atomic E-state index is 13.3. The zero-order chi connectivity index (χ0) is 24.2. The van der Waals surface area contributed by atoms with Crippen LogP contribution in [0.4, 0.5) is 15.8 Å². The van der Waals surface area contributed by atoms with E-state index >= 15 is 0 Å². The highest BCUT2D eigenvalue weighted by molar-refractivity contribution is 6.05. The van der Waals surface area contributed by atoms with E-state index in [-0.39, 0.29) is 16.9 Å². The van der Waals surface area contributed by atoms with E-state index in [1.807, 2.05) is 0 Å². The third kappa shape index (κ3) is 4.88. The SMILES string of the molecule is Cc1ccc(NC(=O)COC(=O)c2cc(-c3ccc(F)cc3)nc3ccccc23)cc1[N+](=O)[O-]. The second-order valence-electron chi connectivity index (χ2n) is 7.46. The molecular weight excluding hydrogens is 441 g/mol. The van der Waals surface area contributed by atoms with Gasteiger partial charge in [-0.2, -0.15) is 0 Å². The van der Waals surface area contributed by atoms with Crippen LogP contribution in [0.25, 0.3) is 22.2 Å². The van der Waals surface area contributed by atoms with Crippen LogP contribution in [-0.2, 0) is 9.53 Å². The Morgan fingerprint density at radius 1 is 1.06 bits per heavy atom. The molecule has 1 amide bonds. The number of nitrogens with one attached hydrogen (secondary N) is 1. The zero-order valence-electron chi connectivity index (χ0n) is 17.9. The predicted octanol–water partition coefficient (Wildman–Crippen LogP) is 5.05. The molecule has 0 radical (unpaired) electrons. The van der Waals surface area contributed by atoms with Crippen molar-refractivity contribution in [2.45, 2.75) is 6.92 Å². The molecule has 1 aromatic heterocycles. The normalized spacial score (nSPS) is 10.6. The molecule has 0 saturated heterocycles. The number of nitro groups is 1. The average molecular weight is 459 g/mol. The van der Waals surface area contributed by atoms with Crippen molar-refractivity contribution in [1.29, 1.82) is 0 Å². The molecule has 8 nitrogen and oxygen atoms in total. The number of carbonyl (C=O) groups is 2. The van der Waals surface area contributed by atoms with Crippen LogP contribution in [0.5, 0.6) is 0 Å². The van der Waals surface area contributed by atoms with Crippen molar-refractivity contribution >= 4 is 34.2 Å². The number of rotatable bonds is 6. The van der Waals surface area contributed by atoms with Crippen molar-refractivity contribution in [3.8, 4) is 11.3 Å². The summed E-state index contributed by atoms with van der Waals surface area (Å²) in [5.74, 6) is -1.79. The monoisotopic (exact) mass is 459 g/mol. The van der Waals surface area contributed by atoms with E-state index in [0.29, 0.717) is 27.7 Å². The maximum absolute atomic E-state index is 13.3. The van der Waals surface area contributed by atoms with Gasteiger partial charge in [-0.25, -0.2) is 14.2 Å². The van der Waals surface area contributed by atoms with Gasteiger partial charge in [-0.3, -0.25) is 14.9 Å². The number of pyridine rings is 1. The van der Waals surface area contributed by atoms with Gasteiger partial charge in [-0.1, -0.05) is 24.3 Å². The summed E-state index contributed by atoms with van der Waals surface area (Å²) in [5.41, 5.74) is 2.33. The third-order valence-electron chi connectivity index (χ3n) is 5.10. The molecule has 0 aliphatic carbocycles. The Hall–Kier alpha value is -4.66. The first-order valence-corrected chi connectivity index (χ1v) is 10.2. The topological polar surface area (TPSA) is 111 Å². The highest BCUT2D eigenvalue weighted by Gasteiger charge is 2.17. The van der Waals surface area contributed by atoms with Crippen molar-refractivity contribution in [3.63, 3.8) is 0 Å². The summed E-state index contributed by atoms with van der Waals surface area (Å²) in [7, 11) is 0. The van der Waals surface area contributed by atoms with Crippen LogP contribution in [0.2, 0.25) is 0 Å². The summed E-state index contributed by atoms with van der Waals surface area (Å²) >= 11 is 0. The summed E-state index contributed by atoms with van der Waals surface area (Å²) < 4.78 is 18.5. The van der Waals surface area contributed by atoms with Gasteiger partial charge in [-0.05, 0) is 49.4 Å². The number of carbonyl (C=O) groups excluding carboxylic acids is 2. The molecule has 0 aliphatic rings. The Morgan fingerprint density at radius 3 is 2.53 bits per heavy atom. The molecule has 170 valence electrons. The van der Waals surface area contributed by atoms with Gasteiger partial charge < -0.3 is 10.1 Å². The molecular formula is C25H18FN3O5. The molecule has 9 heteroatoms. The number of para-hydroxylation sites is 1. The number of benzene rings is 3. The fourth-order valence-electron chi connectivity index (χ4n) is 3.40. The zero-order valence-corrected chi connectivity index (χ0v) is 17.9. The molecule has 3 aromatic carbocycles. The molecule has 4 aromatic rings. The molecule has 0 unspecified atom stereocenters. The van der Waals surface area contributed by atoms with Crippen LogP contribution in [-0.4, -0.2) is 28.4 Å². The second-order valence-corrected chi connectivity index (χ2v) is 7.46. The van der Waals surface area contributed by atoms with E-state index in [1.165, 1.54) is 36.4 Å². The first-order chi connectivity index (χ1) is 16.3. The predicted molar refractivity (Wildman–Crippen MR) is 124 cm³/mol. The molecule has 0 bridgehead atoms. The lowest BCUT2D eigenvalue weighted by Crippen LogP contribution is -2.21. The van der Waals surface area contributed by atoms with Crippen molar-refractivity contribution in [2.24, 2.45) is 0 Å². The number of aryl methyl sites for hydroxylation is 1. The van der Waals surface area contributed by atoms with Crippen LogP contribution in [0.1, 0.15) is 15.9 Å². The minimum Gasteiger partial charge on any atom is -0.452 e. The lowest BCUT2D eigenvalue weighted by molar-refractivity contribution is -0.385. The fraction of sp³-hybridized carbons (Fsp3) is 0.0800. The van der Waals surface area contributed by atoms with E-state index in [1.54, 1.807) is 43.3 Å². The number of esters is 1. The number of amides is 1. The molecule has 0 fully saturated rings. The molecule has 34 heavy (non-hydrogen) atoms. The molecule has 0 spiro atoms. The number of nitrogens with zero attached hydrogens (tertiary/aromatic N) is 2. The van der Waals surface area contributed by atoms with E-state index in [2.05, 4.69) is 10.3 Å². The van der Waals surface area contributed by atoms with Crippen LogP contribution < -0.4 is 5.32 Å². The first kappa shape index (κ1) is 22.5. The summed E-state index contributed by atoms with van der Waals surface area (Å²) in [4.78, 5) is 40.2. The minimum absolute atomic E-state index is 0.133. The number of halogens is 1. The van der Waals surface area contributed by atoms with Gasteiger partial charge in [0.1, 0.15) is 5.82 Å². The highest BCUT2D eigenvalue weighted by Crippen LogP contribution is 2.26. The first-order valence-electron chi connectivity index (χ1n) is 10.2. The Kier molecular flexibility index (Phi) is 6.26. The lowest BCUT2D eigenvalue weighted by atomic mass is 10.0. The van der Waals surface area contributed by atoms with Crippen LogP contribution in [0.3, 0.4) is 0 Å². The molecule has 0 atom stereocenters. The van der Waals surface area contributed by atoms with Gasteiger partial charge in [0.15, 0.2) is 6.61 Å². The van der Waals surface area contributed by atoms with Crippen LogP contribution in [0, 0.1) is 22.9 Å². The Balaban J connectivity index is 1.53. The molecule has 4 rings (SSSR count). The maximum Gasteiger partial charge on any atom is 0.339 e. The Morgan fingerprint density at radius 2 is 1.79 bits per heavy atom. The molecule has 0 aliphatic heterocycles. The molecule has 1 N–H and O–H groups in total. The van der Waals surface area contributed by atoms with Gasteiger partial charge in [0.25, 0.3) is 11.6 Å². The van der Waals surface area contributed by atoms with Gasteiger partial charge in [0, 0.05) is 28.3 Å². The van der Waals surface area contributed by atoms with Crippen molar-refractivity contribution in [3.05, 3.63) is 99.9 Å². The lowest BCUT2D eigenvalue weighted by Gasteiger charge is -2.11. The largest absolute Gasteiger partial charge is 0.452 e. The fourth-order valence-corrected chi connectivity index (χ4v) is 3.40. The molecule has 1 heterocycles. The highest BCUT2D eigenvalue weighted by atomic mass is 19.1. The second kappa shape index (κ2) is 9.45. The summed E-state index contributed by atoms with van der Waals surface area (Å²) in [6, 6.07) is 18.4. The van der Waals surface area contributed by atoms with E-state index in [0.717, 1.165) is 0 Å². The van der Waals surface area contributed by atoms with Crippen LogP contribution >= 0.6 is 0 Å². The van der Waals surface area contributed by atoms with Crippen molar-refractivity contribution < 1.29 is 23.6 Å². The Labute approximate surface area is 193 Å². The van der Waals surface area contributed by atoms with Crippen molar-refractivity contribution in [2.75, 3.05) is 11.9 Å². The Bertz CT molecular complexity index is 1420. The van der Waals surface area contributed by atoms with Gasteiger partial charge in [0.05, 0.1) is 21.7 Å². The standard InChI is InChI=1S/C25H18FN3O5/c1-15-6-11-18(12-23(15)29(32)33)27-24(30)14-34-25(31)20-13-22(16-7-9-17(26)10-8-16)28-21-5-3-2-4-19(20)21/h2-13H,14H2,1H3,(H,27,30). The van der Waals surface area contributed by atoms with Crippen LogP contribution in [0.15, 0.2) is 72.8 Å². The quantitative estimate of drug-likeness (QED) is 0.245. The van der Waals surface area contributed by atoms with Gasteiger partial charge in [0.2, 0.25) is 0 Å². The van der Waals surface area contributed by atoms with Gasteiger partial charge in [-0.15, -0.1) is 0 Å². The smallest absolute Gasteiger partial charge is 0.339 e. The van der Waals surface area contributed by atoms with E-state index < -0.39 is 29.2 Å². The number of anilines is 1. The third-order valence-corrected chi connectivity index (χ3v) is 5.10. The van der Waals surface area contributed by atoms with E-state index in [9.17, 15) is 24.1 Å². The number of hydrogen-bond donors (Lipinski definition) is 1. The number of fused-ring (bicyclic) bond motifs is 1. The minimum atomic E-state index is -0.744. The number of ether oxygens (including phenoxy) is 1. The van der Waals surface area contributed by atoms with Gasteiger partial charge >= 0.3 is 5.97 Å². The molecule has 0 saturated carbocycles. The summed E-state index contributed by atoms with van der Waals surface area (Å²) in [6.45, 7) is 0.994. The average Bonchev–Trinajstić information content (AvgIpc) is 2.83. The number of hydrogen-bond acceptors (Lipinski definition) is 6. The summed E-state index contributed by atoms with van der Waals surface area (Å²) in [6.07, 6.45) is 0. The number of aromatic nitrogens is 1. The van der Waals surface area contributed by atoms with Crippen molar-refractivity contribution in [1.82, 2.24) is 4.98 Å². The van der Waals surface area contributed by atoms with E-state index in [4.69, 9.17) is 4.74 Å². The summed E-state index contributed by atoms with van der Waals surface area (Å²) in [5, 5.41) is 14.1. The number of nitro benzene ring substituents is 1.